The van der Waals surface area contributed by atoms with Gasteiger partial charge in [-0.3, -0.25) is 0 Å². The van der Waals surface area contributed by atoms with Crippen LogP contribution in [0.4, 0.5) is 0 Å². The van der Waals surface area contributed by atoms with Crippen molar-refractivity contribution in [2.75, 3.05) is 0 Å². The first kappa shape index (κ1) is 21.1. The van der Waals surface area contributed by atoms with Gasteiger partial charge < -0.3 is 22.5 Å². The average Bonchev–Trinajstić information content (AvgIpc) is 2.72. The van der Waals surface area contributed by atoms with E-state index in [-0.39, 0.29) is 22.5 Å². The molecule has 136 valence electrons. The first-order valence-corrected chi connectivity index (χ1v) is 10.3. The van der Waals surface area contributed by atoms with Crippen LogP contribution in [0.5, 0.6) is 0 Å². The van der Waals surface area contributed by atoms with Crippen LogP contribution < -0.4 is 38.2 Å². The molecule has 0 bridgehead atoms. The molecule has 0 radical (unpaired) electrons. The van der Waals surface area contributed by atoms with Crippen molar-refractivity contribution in [3.63, 3.8) is 0 Å². The minimum atomic E-state index is -1.91. The quantitative estimate of drug-likeness (QED) is 0.417. The number of rotatable bonds is 4. The van der Waals surface area contributed by atoms with E-state index in [0.29, 0.717) is 0 Å². The predicted molar refractivity (Wildman–Crippen MR) is 115 cm³/mol. The maximum Gasteiger partial charge on any atom is 0.144 e. The minimum Gasteiger partial charge on any atom is -1.00 e. The van der Waals surface area contributed by atoms with E-state index in [0.717, 1.165) is 0 Å². The third-order valence-corrected chi connectivity index (χ3v) is 8.86. The molecule has 27 heavy (non-hydrogen) atoms. The van der Waals surface area contributed by atoms with Gasteiger partial charge in [-0.2, -0.15) is 0 Å². The summed E-state index contributed by atoms with van der Waals surface area (Å²) in [5.74, 6) is 0. The molecular weight excluding hydrogens is 415 g/mol. The van der Waals surface area contributed by atoms with Crippen molar-refractivity contribution in [3.8, 4) is 0 Å². The summed E-state index contributed by atoms with van der Waals surface area (Å²) in [6, 6.07) is 43.8. The third kappa shape index (κ3) is 3.89. The monoisotopic (exact) mass is 436 g/mol. The fourth-order valence-electron chi connectivity index (χ4n) is 3.50. The summed E-state index contributed by atoms with van der Waals surface area (Å²) in [6.45, 7) is 0. The molecule has 1 nitrogen and oxygen atoms in total. The lowest BCUT2D eigenvalue weighted by atomic mass is 10.3. The zero-order valence-electron chi connectivity index (χ0n) is 14.9. The van der Waals surface area contributed by atoms with E-state index in [2.05, 4.69) is 121 Å². The summed E-state index contributed by atoms with van der Waals surface area (Å²) in [4.78, 5) is 0. The first-order valence-electron chi connectivity index (χ1n) is 8.54. The smallest absolute Gasteiger partial charge is 0.144 e. The van der Waals surface area contributed by atoms with Crippen LogP contribution in [-0.4, -0.2) is 5.48 Å². The Morgan fingerprint density at radius 2 is 0.519 bits per heavy atom. The highest BCUT2D eigenvalue weighted by molar-refractivity contribution is 8.01. The van der Waals surface area contributed by atoms with E-state index in [1.165, 1.54) is 21.2 Å². The molecule has 0 unspecified atom stereocenters. The fourth-order valence-corrected chi connectivity index (χ4v) is 7.77. The van der Waals surface area contributed by atoms with Crippen molar-refractivity contribution in [2.24, 2.45) is 0 Å². The molecule has 4 aromatic carbocycles. The van der Waals surface area contributed by atoms with Gasteiger partial charge in [-0.1, -0.05) is 72.8 Å². The number of hydrogen-bond acceptors (Lipinski definition) is 0. The Morgan fingerprint density at radius 3 is 0.704 bits per heavy atom. The highest BCUT2D eigenvalue weighted by Gasteiger charge is 2.47. The number of hydrogen-bond donors (Lipinski definition) is 0. The van der Waals surface area contributed by atoms with Gasteiger partial charge in [0.15, 0.2) is 0 Å². The summed E-state index contributed by atoms with van der Waals surface area (Å²) < 4.78 is 0. The van der Waals surface area contributed by atoms with Crippen molar-refractivity contribution in [1.29, 1.82) is 0 Å². The molecule has 0 aliphatic heterocycles. The molecule has 0 fully saturated rings. The Balaban J connectivity index is 0.00000131. The largest absolute Gasteiger partial charge is 1.00 e. The van der Waals surface area contributed by atoms with Crippen molar-refractivity contribution in [3.05, 3.63) is 121 Å². The molecular formula is C24H22BrOP. The minimum absolute atomic E-state index is 0. The molecule has 3 heteroatoms. The van der Waals surface area contributed by atoms with Gasteiger partial charge >= 0.3 is 0 Å². The van der Waals surface area contributed by atoms with E-state index in [9.17, 15) is 0 Å². The average molecular weight is 437 g/mol. The zero-order valence-corrected chi connectivity index (χ0v) is 17.4. The Kier molecular flexibility index (Phi) is 7.50. The molecule has 0 aromatic heterocycles. The summed E-state index contributed by atoms with van der Waals surface area (Å²) in [5.41, 5.74) is 0. The topological polar surface area (TPSA) is 31.5 Å². The van der Waals surface area contributed by atoms with E-state index in [1.807, 2.05) is 0 Å². The van der Waals surface area contributed by atoms with Gasteiger partial charge in [-0.15, -0.1) is 0 Å². The standard InChI is InChI=1S/C24H20P.BrH.H2O/c1-5-13-21(14-6-1)25(22-15-7-2-8-16-22,23-17-9-3-10-18-23)24-19-11-4-12-20-24;;/h1-20H;1H;1H2/q+1;;/p-1. The van der Waals surface area contributed by atoms with Crippen molar-refractivity contribution >= 4 is 28.5 Å². The van der Waals surface area contributed by atoms with Crippen molar-refractivity contribution in [1.82, 2.24) is 0 Å². The maximum atomic E-state index is 2.28. The lowest BCUT2D eigenvalue weighted by molar-refractivity contribution is -0.00000593. The summed E-state index contributed by atoms with van der Waals surface area (Å²) >= 11 is 0. The van der Waals surface area contributed by atoms with Crippen LogP contribution in [0.3, 0.4) is 0 Å². The van der Waals surface area contributed by atoms with E-state index >= 15 is 0 Å². The van der Waals surface area contributed by atoms with Gasteiger partial charge in [0.25, 0.3) is 0 Å². The Labute approximate surface area is 172 Å². The zero-order chi connectivity index (χ0) is 17.0. The van der Waals surface area contributed by atoms with Gasteiger partial charge in [0.1, 0.15) is 28.5 Å². The predicted octanol–water partition coefficient (Wildman–Crippen LogP) is 0.485. The molecule has 0 atom stereocenters. The van der Waals surface area contributed by atoms with Crippen LogP contribution in [-0.2, 0) is 0 Å². The molecule has 2 N–H and O–H groups in total. The van der Waals surface area contributed by atoms with E-state index in [1.54, 1.807) is 0 Å². The molecule has 4 aromatic rings. The van der Waals surface area contributed by atoms with Gasteiger partial charge in [-0.05, 0) is 48.5 Å². The molecule has 0 aliphatic rings. The van der Waals surface area contributed by atoms with Crippen LogP contribution in [0.25, 0.3) is 0 Å². The Morgan fingerprint density at radius 1 is 0.333 bits per heavy atom. The Hall–Kier alpha value is -2.25. The molecule has 0 saturated carbocycles. The highest BCUT2D eigenvalue weighted by Crippen LogP contribution is 2.53. The van der Waals surface area contributed by atoms with Crippen LogP contribution in [0.2, 0.25) is 0 Å². The number of benzene rings is 4. The summed E-state index contributed by atoms with van der Waals surface area (Å²) in [7, 11) is -1.91. The van der Waals surface area contributed by atoms with Crippen molar-refractivity contribution in [2.45, 2.75) is 0 Å². The third-order valence-electron chi connectivity index (χ3n) is 4.57. The van der Waals surface area contributed by atoms with Crippen LogP contribution in [0.1, 0.15) is 0 Å². The van der Waals surface area contributed by atoms with Crippen molar-refractivity contribution < 1.29 is 22.5 Å². The number of halogens is 1. The van der Waals surface area contributed by atoms with Gasteiger partial charge in [-0.25, -0.2) is 0 Å². The SMILES string of the molecule is O.[Br-].c1ccc([P+](c2ccccc2)(c2ccccc2)c2ccccc2)cc1. The lowest BCUT2D eigenvalue weighted by Crippen LogP contribution is -3.00. The second kappa shape index (κ2) is 9.62. The lowest BCUT2D eigenvalue weighted by Gasteiger charge is -2.27. The van der Waals surface area contributed by atoms with Crippen LogP contribution in [0, 0.1) is 0 Å². The highest BCUT2D eigenvalue weighted by atomic mass is 79.9. The van der Waals surface area contributed by atoms with Crippen LogP contribution in [0.15, 0.2) is 121 Å². The Bertz CT molecular complexity index is 765. The second-order valence-electron chi connectivity index (χ2n) is 6.01. The first-order chi connectivity index (χ1) is 12.4. The van der Waals surface area contributed by atoms with Gasteiger partial charge in [0.2, 0.25) is 0 Å². The summed E-state index contributed by atoms with van der Waals surface area (Å²) in [5, 5.41) is 5.55. The van der Waals surface area contributed by atoms with Crippen LogP contribution >= 0.6 is 7.26 Å². The second-order valence-corrected chi connectivity index (χ2v) is 9.42. The van der Waals surface area contributed by atoms with E-state index in [4.69, 9.17) is 0 Å². The molecule has 0 saturated heterocycles. The van der Waals surface area contributed by atoms with E-state index < -0.39 is 7.26 Å². The molecule has 0 aliphatic carbocycles. The molecule has 4 rings (SSSR count). The molecule has 0 heterocycles. The van der Waals surface area contributed by atoms with Gasteiger partial charge in [0, 0.05) is 0 Å². The maximum absolute atomic E-state index is 2.28. The normalized spacial score (nSPS) is 10.4. The fraction of sp³-hybridized carbons (Fsp3) is 0. The summed E-state index contributed by atoms with van der Waals surface area (Å²) in [6.07, 6.45) is 0. The molecule has 0 spiro atoms. The van der Waals surface area contributed by atoms with Gasteiger partial charge in [0.05, 0.1) is 0 Å². The molecule has 0 amide bonds.